The van der Waals surface area contributed by atoms with Crippen LogP contribution < -0.4 is 10.6 Å². The maximum absolute atomic E-state index is 12.4. The van der Waals surface area contributed by atoms with Gasteiger partial charge in [-0.15, -0.1) is 0 Å². The molecule has 0 fully saturated rings. The van der Waals surface area contributed by atoms with Gasteiger partial charge in [-0.2, -0.15) is 9.57 Å². The fourth-order valence-corrected chi connectivity index (χ4v) is 2.98. The summed E-state index contributed by atoms with van der Waals surface area (Å²) in [4.78, 5) is 23.4. The van der Waals surface area contributed by atoms with Gasteiger partial charge >= 0.3 is 0 Å². The van der Waals surface area contributed by atoms with E-state index in [1.807, 2.05) is 6.07 Å². The van der Waals surface area contributed by atoms with Crippen LogP contribution in [0.25, 0.3) is 0 Å². The molecule has 0 saturated carbocycles. The zero-order valence-corrected chi connectivity index (χ0v) is 14.6. The minimum absolute atomic E-state index is 0.0198. The first-order valence-corrected chi connectivity index (χ1v) is 8.70. The summed E-state index contributed by atoms with van der Waals surface area (Å²) in [7, 11) is -2.59. The quantitative estimate of drug-likeness (QED) is 0.705. The van der Waals surface area contributed by atoms with Crippen molar-refractivity contribution in [3.8, 4) is 6.07 Å². The Morgan fingerprint density at radius 3 is 2.38 bits per heavy atom. The standard InChI is InChI=1S/C15H20N4O4S/c1-4-17-15(21)11(2)18-14(20)10-19(3)24(22,23)13-7-5-12(9-16)6-8-13/h5-8,11H,4,10H2,1-3H3,(H,17,21)(H,18,20). The van der Waals surface area contributed by atoms with Gasteiger partial charge in [0.15, 0.2) is 0 Å². The Hall–Kier alpha value is -2.44. The SMILES string of the molecule is CCNC(=O)C(C)NC(=O)CN(C)S(=O)(=O)c1ccc(C#N)cc1. The van der Waals surface area contributed by atoms with Crippen molar-refractivity contribution < 1.29 is 18.0 Å². The molecule has 1 unspecified atom stereocenters. The van der Waals surface area contributed by atoms with Crippen molar-refractivity contribution in [1.29, 1.82) is 5.26 Å². The van der Waals surface area contributed by atoms with Crippen LogP contribution in [-0.2, 0) is 19.6 Å². The summed E-state index contributed by atoms with van der Waals surface area (Å²) in [5, 5.41) is 13.7. The maximum Gasteiger partial charge on any atom is 0.243 e. The topological polar surface area (TPSA) is 119 Å². The van der Waals surface area contributed by atoms with Crippen LogP contribution in [0.2, 0.25) is 0 Å². The molecule has 1 atom stereocenters. The van der Waals surface area contributed by atoms with Gasteiger partial charge in [0, 0.05) is 13.6 Å². The number of hydrogen-bond donors (Lipinski definition) is 2. The van der Waals surface area contributed by atoms with E-state index in [1.54, 1.807) is 6.92 Å². The molecule has 0 aromatic heterocycles. The van der Waals surface area contributed by atoms with Gasteiger partial charge in [-0.3, -0.25) is 9.59 Å². The molecule has 0 heterocycles. The largest absolute Gasteiger partial charge is 0.355 e. The van der Waals surface area contributed by atoms with Crippen LogP contribution in [-0.4, -0.2) is 50.7 Å². The molecule has 0 aliphatic rings. The average Bonchev–Trinajstić information content (AvgIpc) is 2.54. The molecule has 1 rings (SSSR count). The highest BCUT2D eigenvalue weighted by Crippen LogP contribution is 2.14. The van der Waals surface area contributed by atoms with Crippen LogP contribution in [0.3, 0.4) is 0 Å². The van der Waals surface area contributed by atoms with Crippen molar-refractivity contribution in [2.45, 2.75) is 24.8 Å². The predicted octanol–water partition coefficient (Wildman–Crippen LogP) is -0.180. The fraction of sp³-hybridized carbons (Fsp3) is 0.400. The lowest BCUT2D eigenvalue weighted by Gasteiger charge is -2.19. The molecule has 1 aromatic rings. The third-order valence-corrected chi connectivity index (χ3v) is 5.00. The minimum Gasteiger partial charge on any atom is -0.355 e. The van der Waals surface area contributed by atoms with Gasteiger partial charge in [0.05, 0.1) is 23.1 Å². The van der Waals surface area contributed by atoms with Crippen molar-refractivity contribution in [3.63, 3.8) is 0 Å². The number of rotatable bonds is 7. The van der Waals surface area contributed by atoms with E-state index in [0.29, 0.717) is 12.1 Å². The minimum atomic E-state index is -3.86. The molecule has 0 radical (unpaired) electrons. The fourth-order valence-electron chi connectivity index (χ4n) is 1.85. The highest BCUT2D eigenvalue weighted by Gasteiger charge is 2.24. The van der Waals surface area contributed by atoms with E-state index in [1.165, 1.54) is 38.2 Å². The molecular formula is C15H20N4O4S. The highest BCUT2D eigenvalue weighted by atomic mass is 32.2. The van der Waals surface area contributed by atoms with Gasteiger partial charge in [0.2, 0.25) is 21.8 Å². The van der Waals surface area contributed by atoms with Gasteiger partial charge in [-0.05, 0) is 38.1 Å². The van der Waals surface area contributed by atoms with Gasteiger partial charge in [0.1, 0.15) is 6.04 Å². The molecule has 130 valence electrons. The molecule has 2 N–H and O–H groups in total. The molecule has 0 spiro atoms. The lowest BCUT2D eigenvalue weighted by Crippen LogP contribution is -2.48. The smallest absolute Gasteiger partial charge is 0.243 e. The lowest BCUT2D eigenvalue weighted by atomic mass is 10.2. The number of hydrogen-bond acceptors (Lipinski definition) is 5. The van der Waals surface area contributed by atoms with E-state index in [4.69, 9.17) is 5.26 Å². The number of sulfonamides is 1. The molecule has 2 amide bonds. The second-order valence-corrected chi connectivity index (χ2v) is 7.13. The van der Waals surface area contributed by atoms with Gasteiger partial charge in [0.25, 0.3) is 0 Å². The molecule has 0 aliphatic heterocycles. The predicted molar refractivity (Wildman–Crippen MR) is 87.3 cm³/mol. The summed E-state index contributed by atoms with van der Waals surface area (Å²) in [6.07, 6.45) is 0. The Morgan fingerprint density at radius 2 is 1.88 bits per heavy atom. The van der Waals surface area contributed by atoms with Crippen LogP contribution in [0.4, 0.5) is 0 Å². The molecule has 8 nitrogen and oxygen atoms in total. The molecule has 24 heavy (non-hydrogen) atoms. The Labute approximate surface area is 141 Å². The first-order valence-electron chi connectivity index (χ1n) is 7.26. The van der Waals surface area contributed by atoms with Crippen molar-refractivity contribution in [2.75, 3.05) is 20.1 Å². The van der Waals surface area contributed by atoms with E-state index in [0.717, 1.165) is 4.31 Å². The van der Waals surface area contributed by atoms with Gasteiger partial charge in [-0.25, -0.2) is 8.42 Å². The third-order valence-electron chi connectivity index (χ3n) is 3.18. The molecular weight excluding hydrogens is 332 g/mol. The zero-order chi connectivity index (χ0) is 18.3. The number of carbonyl (C=O) groups excluding carboxylic acids is 2. The summed E-state index contributed by atoms with van der Waals surface area (Å²) < 4.78 is 25.6. The van der Waals surface area contributed by atoms with E-state index >= 15 is 0 Å². The van der Waals surface area contributed by atoms with E-state index in [-0.39, 0.29) is 10.8 Å². The second kappa shape index (κ2) is 8.42. The number of nitriles is 1. The highest BCUT2D eigenvalue weighted by molar-refractivity contribution is 7.89. The summed E-state index contributed by atoms with van der Waals surface area (Å²) in [5.74, 6) is -0.933. The van der Waals surface area contributed by atoms with Gasteiger partial charge in [-0.1, -0.05) is 0 Å². The number of carbonyl (C=O) groups is 2. The van der Waals surface area contributed by atoms with Crippen molar-refractivity contribution >= 4 is 21.8 Å². The number of amides is 2. The van der Waals surface area contributed by atoms with Crippen LogP contribution in [0.1, 0.15) is 19.4 Å². The van der Waals surface area contributed by atoms with E-state index in [9.17, 15) is 18.0 Å². The lowest BCUT2D eigenvalue weighted by molar-refractivity contribution is -0.128. The number of nitrogens with one attached hydrogen (secondary N) is 2. The Kier molecular flexibility index (Phi) is 6.88. The normalized spacial score (nSPS) is 12.3. The molecule has 9 heteroatoms. The number of benzene rings is 1. The first kappa shape index (κ1) is 19.6. The first-order chi connectivity index (χ1) is 11.2. The van der Waals surface area contributed by atoms with Crippen molar-refractivity contribution in [3.05, 3.63) is 29.8 Å². The Morgan fingerprint density at radius 1 is 1.29 bits per heavy atom. The molecule has 0 aliphatic carbocycles. The van der Waals surface area contributed by atoms with Crippen molar-refractivity contribution in [1.82, 2.24) is 14.9 Å². The zero-order valence-electron chi connectivity index (χ0n) is 13.7. The molecule has 1 aromatic carbocycles. The number of nitrogens with zero attached hydrogens (tertiary/aromatic N) is 2. The van der Waals surface area contributed by atoms with Crippen LogP contribution in [0, 0.1) is 11.3 Å². The maximum atomic E-state index is 12.4. The van der Waals surface area contributed by atoms with Crippen LogP contribution in [0.15, 0.2) is 29.2 Å². The summed E-state index contributed by atoms with van der Waals surface area (Å²) in [6, 6.07) is 6.52. The monoisotopic (exact) mass is 352 g/mol. The summed E-state index contributed by atoms with van der Waals surface area (Å²) >= 11 is 0. The van der Waals surface area contributed by atoms with Crippen LogP contribution in [0.5, 0.6) is 0 Å². The molecule has 0 bridgehead atoms. The van der Waals surface area contributed by atoms with Crippen molar-refractivity contribution in [2.24, 2.45) is 0 Å². The van der Waals surface area contributed by atoms with Gasteiger partial charge < -0.3 is 10.6 Å². The number of likely N-dealkylation sites (N-methyl/N-ethyl adjacent to an activating group) is 2. The Bertz CT molecular complexity index is 738. The third kappa shape index (κ3) is 5.04. The molecule has 0 saturated heterocycles. The van der Waals surface area contributed by atoms with E-state index in [2.05, 4.69) is 10.6 Å². The second-order valence-electron chi connectivity index (χ2n) is 5.08. The summed E-state index contributed by atoms with van der Waals surface area (Å²) in [5.41, 5.74) is 0.338. The van der Waals surface area contributed by atoms with E-state index < -0.39 is 28.5 Å². The van der Waals surface area contributed by atoms with Crippen LogP contribution >= 0.6 is 0 Å². The Balaban J connectivity index is 2.74. The summed E-state index contributed by atoms with van der Waals surface area (Å²) in [6.45, 7) is 3.28. The average molecular weight is 352 g/mol.